The molecule has 0 atom stereocenters. The van der Waals surface area contributed by atoms with Crippen molar-refractivity contribution in [3.63, 3.8) is 0 Å². The van der Waals surface area contributed by atoms with Crippen LogP contribution in [0.2, 0.25) is 0 Å². The largest absolute Gasteiger partial charge is 0.497 e. The number of hydrogen-bond acceptors (Lipinski definition) is 7. The molecule has 2 saturated heterocycles. The molecule has 1 N–H and O–H groups in total. The summed E-state index contributed by atoms with van der Waals surface area (Å²) in [6.07, 6.45) is 10.4. The second kappa shape index (κ2) is 12.7. The Morgan fingerprint density at radius 3 is 1.57 bits per heavy atom. The second-order valence-corrected chi connectivity index (χ2v) is 9.74. The summed E-state index contributed by atoms with van der Waals surface area (Å²) in [5.74, 6) is -1.21. The van der Waals surface area contributed by atoms with Gasteiger partial charge in [0.2, 0.25) is 0 Å². The molecule has 1 aromatic rings. The van der Waals surface area contributed by atoms with E-state index in [9.17, 15) is 30.3 Å². The van der Waals surface area contributed by atoms with Crippen LogP contribution in [0, 0.1) is 30.3 Å². The van der Waals surface area contributed by atoms with Gasteiger partial charge in [-0.05, 0) is 39.5 Å². The highest BCUT2D eigenvalue weighted by Gasteiger charge is 2.36. The third-order valence-electron chi connectivity index (χ3n) is 7.83. The van der Waals surface area contributed by atoms with Crippen LogP contribution in [-0.2, 0) is 0 Å². The Kier molecular flexibility index (Phi) is 10.3. The number of nitro groups is 3. The van der Waals surface area contributed by atoms with Gasteiger partial charge in [0.25, 0.3) is 11.4 Å². The number of benzene rings is 1. The van der Waals surface area contributed by atoms with Crippen LogP contribution in [0.5, 0.6) is 5.75 Å². The molecule has 0 unspecified atom stereocenters. The number of non-ortho nitro benzene ring substituents is 1. The minimum atomic E-state index is -1.21. The Hall–Kier alpha value is -2.86. The van der Waals surface area contributed by atoms with Crippen LogP contribution in [0.15, 0.2) is 12.1 Å². The number of nitro benzene ring substituents is 3. The average Bonchev–Trinajstić information content (AvgIpc) is 2.91. The molecule has 0 radical (unpaired) electrons. The van der Waals surface area contributed by atoms with Gasteiger partial charge in [0, 0.05) is 6.42 Å². The summed E-state index contributed by atoms with van der Waals surface area (Å²) in [5.41, 5.74) is -3.00. The molecule has 3 rings (SSSR count). The van der Waals surface area contributed by atoms with Crippen LogP contribution in [0.3, 0.4) is 0 Å². The zero-order chi connectivity index (χ0) is 26.1. The minimum absolute atomic E-state index is 0.447. The lowest BCUT2D eigenvalue weighted by atomic mass is 10.1. The van der Waals surface area contributed by atoms with E-state index in [1.54, 1.807) is 0 Å². The highest BCUT2D eigenvalue weighted by atomic mass is 16.6. The van der Waals surface area contributed by atoms with Gasteiger partial charge in [0.05, 0.1) is 66.2 Å². The Balaban J connectivity index is 0.000000251. The van der Waals surface area contributed by atoms with E-state index in [0.29, 0.717) is 12.1 Å². The fourth-order valence-corrected chi connectivity index (χ4v) is 5.38. The van der Waals surface area contributed by atoms with Gasteiger partial charge in [-0.1, -0.05) is 12.8 Å². The standard InChI is InChI=1S/C17H36N2.C6H3N3O7/c1-3-18(4-2)14-11-15-19(17-16-18)12-9-7-5-6-8-10-13-19;10-6-4(8(13)14)1-3(7(11)12)2-5(6)9(15)16/h3-17H2,1-2H3;1-2,10H/q+2;. The van der Waals surface area contributed by atoms with Crippen LogP contribution >= 0.6 is 0 Å². The molecule has 0 saturated carbocycles. The summed E-state index contributed by atoms with van der Waals surface area (Å²) in [4.78, 5) is 27.8. The molecule has 1 spiro atoms. The Morgan fingerprint density at radius 2 is 1.14 bits per heavy atom. The monoisotopic (exact) mass is 497 g/mol. The number of nitrogens with zero attached hydrogens (tertiary/aromatic N) is 5. The van der Waals surface area contributed by atoms with Crippen molar-refractivity contribution in [2.75, 3.05) is 52.4 Å². The number of hydrogen-bond donors (Lipinski definition) is 1. The van der Waals surface area contributed by atoms with Gasteiger partial charge < -0.3 is 14.1 Å². The van der Waals surface area contributed by atoms with Gasteiger partial charge in [-0.15, -0.1) is 0 Å². The third-order valence-corrected chi connectivity index (χ3v) is 7.83. The molecule has 35 heavy (non-hydrogen) atoms. The molecule has 0 aromatic heterocycles. The van der Waals surface area contributed by atoms with Gasteiger partial charge in [-0.3, -0.25) is 30.3 Å². The second-order valence-electron chi connectivity index (χ2n) is 9.74. The van der Waals surface area contributed by atoms with Crippen LogP contribution in [0.4, 0.5) is 17.1 Å². The van der Waals surface area contributed by atoms with Gasteiger partial charge in [-0.2, -0.15) is 0 Å². The normalized spacial score (nSPS) is 19.7. The first-order valence-corrected chi connectivity index (χ1v) is 12.6. The van der Waals surface area contributed by atoms with E-state index >= 15 is 0 Å². The number of rotatable bonds is 5. The van der Waals surface area contributed by atoms with Crippen molar-refractivity contribution in [2.45, 2.75) is 58.8 Å². The van der Waals surface area contributed by atoms with Crippen molar-refractivity contribution in [1.29, 1.82) is 0 Å². The van der Waals surface area contributed by atoms with E-state index in [4.69, 9.17) is 5.11 Å². The molecule has 12 heteroatoms. The Bertz CT molecular complexity index is 859. The van der Waals surface area contributed by atoms with Crippen molar-refractivity contribution in [3.8, 4) is 5.75 Å². The molecule has 2 fully saturated rings. The molecular weight excluding hydrogens is 458 g/mol. The lowest BCUT2D eigenvalue weighted by Crippen LogP contribution is -2.54. The third kappa shape index (κ3) is 7.56. The van der Waals surface area contributed by atoms with Crippen LogP contribution < -0.4 is 0 Å². The molecule has 0 bridgehead atoms. The Morgan fingerprint density at radius 1 is 0.686 bits per heavy atom. The highest BCUT2D eigenvalue weighted by Crippen LogP contribution is 2.39. The summed E-state index contributed by atoms with van der Waals surface area (Å²) < 4.78 is 2.86. The lowest BCUT2D eigenvalue weighted by molar-refractivity contribution is -0.962. The van der Waals surface area contributed by atoms with E-state index in [1.165, 1.54) is 106 Å². The number of aromatic hydroxyl groups is 1. The molecule has 2 aliphatic heterocycles. The van der Waals surface area contributed by atoms with E-state index < -0.39 is 37.6 Å². The van der Waals surface area contributed by atoms with Crippen molar-refractivity contribution in [3.05, 3.63) is 42.5 Å². The van der Waals surface area contributed by atoms with Gasteiger partial charge >= 0.3 is 11.4 Å². The maximum atomic E-state index is 10.4. The number of phenols is 1. The average molecular weight is 498 g/mol. The van der Waals surface area contributed by atoms with E-state index in [1.807, 2.05) is 0 Å². The van der Waals surface area contributed by atoms with Crippen LogP contribution in [0.1, 0.15) is 58.8 Å². The molecule has 1 aromatic carbocycles. The summed E-state index contributed by atoms with van der Waals surface area (Å²) in [6.45, 7) is 16.3. The van der Waals surface area contributed by atoms with Crippen LogP contribution in [-0.4, -0.2) is 81.2 Å². The maximum absolute atomic E-state index is 10.4. The first-order valence-electron chi connectivity index (χ1n) is 12.6. The molecule has 12 nitrogen and oxygen atoms in total. The van der Waals surface area contributed by atoms with E-state index in [-0.39, 0.29) is 0 Å². The van der Waals surface area contributed by atoms with Gasteiger partial charge in [-0.25, -0.2) is 0 Å². The summed E-state index contributed by atoms with van der Waals surface area (Å²) in [6, 6.07) is 0.894. The quantitative estimate of drug-likeness (QED) is 0.356. The Labute approximate surface area is 205 Å². The first-order chi connectivity index (χ1) is 16.6. The fourth-order valence-electron chi connectivity index (χ4n) is 5.38. The van der Waals surface area contributed by atoms with Crippen molar-refractivity contribution in [2.24, 2.45) is 0 Å². The highest BCUT2D eigenvalue weighted by molar-refractivity contribution is 5.64. The predicted octanol–water partition coefficient (Wildman–Crippen LogP) is 4.53. The van der Waals surface area contributed by atoms with Crippen molar-refractivity contribution >= 4 is 17.1 Å². The van der Waals surface area contributed by atoms with E-state index in [2.05, 4.69) is 13.8 Å². The smallest absolute Gasteiger partial charge is 0.324 e. The number of quaternary nitrogens is 2. The number of phenolic OH excluding ortho intramolecular Hbond substituents is 1. The predicted molar refractivity (Wildman–Crippen MR) is 131 cm³/mol. The summed E-state index contributed by atoms with van der Waals surface area (Å²) in [5, 5.41) is 40.2. The molecule has 2 aliphatic rings. The summed E-state index contributed by atoms with van der Waals surface area (Å²) >= 11 is 0. The van der Waals surface area contributed by atoms with Gasteiger partial charge in [0.15, 0.2) is 0 Å². The fraction of sp³-hybridized carbons (Fsp3) is 0.739. The first kappa shape index (κ1) is 28.4. The van der Waals surface area contributed by atoms with Crippen molar-refractivity contribution in [1.82, 2.24) is 0 Å². The number of likely N-dealkylation sites (N-methyl/N-ethyl adjacent to an activating group) is 1. The lowest BCUT2D eigenvalue weighted by Gasteiger charge is -2.39. The summed E-state index contributed by atoms with van der Waals surface area (Å²) in [7, 11) is 0. The molecule has 2 heterocycles. The zero-order valence-electron chi connectivity index (χ0n) is 20.9. The van der Waals surface area contributed by atoms with Crippen molar-refractivity contribution < 1.29 is 28.8 Å². The SMILES string of the molecule is CC[N+]1(CC)CCC[N+]2(CCCCCCCC2)CC1.O=[N+]([O-])c1cc([N+](=O)[O-])c(O)c([N+](=O)[O-])c1. The molecule has 196 valence electrons. The molecule has 0 amide bonds. The minimum Gasteiger partial charge on any atom is -0.497 e. The molecular formula is C23H39N5O7+2. The van der Waals surface area contributed by atoms with E-state index in [0.717, 1.165) is 0 Å². The zero-order valence-corrected chi connectivity index (χ0v) is 20.9. The topological polar surface area (TPSA) is 150 Å². The maximum Gasteiger partial charge on any atom is 0.324 e. The molecule has 0 aliphatic carbocycles. The van der Waals surface area contributed by atoms with Crippen LogP contribution in [0.25, 0.3) is 0 Å². The van der Waals surface area contributed by atoms with Gasteiger partial charge in [0.1, 0.15) is 13.1 Å².